The summed E-state index contributed by atoms with van der Waals surface area (Å²) in [5.41, 5.74) is 3.28. The van der Waals surface area contributed by atoms with Gasteiger partial charge in [0.2, 0.25) is 0 Å². The summed E-state index contributed by atoms with van der Waals surface area (Å²) in [5, 5.41) is 14.4. The summed E-state index contributed by atoms with van der Waals surface area (Å²) >= 11 is 0. The largest absolute Gasteiger partial charge is 0.504 e. The number of para-hydroxylation sites is 2. The molecule has 0 aliphatic carbocycles. The fourth-order valence-corrected chi connectivity index (χ4v) is 4.88. The van der Waals surface area contributed by atoms with Crippen LogP contribution in [0.25, 0.3) is 0 Å². The van der Waals surface area contributed by atoms with E-state index in [4.69, 9.17) is 9.73 Å². The number of aromatic hydroxyl groups is 1. The van der Waals surface area contributed by atoms with Crippen LogP contribution in [0.3, 0.4) is 0 Å². The molecule has 0 atom stereocenters. The van der Waals surface area contributed by atoms with Gasteiger partial charge in [0.15, 0.2) is 11.5 Å². The molecule has 3 aliphatic rings. The van der Waals surface area contributed by atoms with Crippen molar-refractivity contribution in [3.8, 4) is 11.5 Å². The zero-order chi connectivity index (χ0) is 19.8. The van der Waals surface area contributed by atoms with Crippen molar-refractivity contribution >= 4 is 11.5 Å². The molecule has 2 N–H and O–H groups in total. The summed E-state index contributed by atoms with van der Waals surface area (Å²) in [6.45, 7) is 7.01. The van der Waals surface area contributed by atoms with Gasteiger partial charge in [-0.25, -0.2) is 0 Å². The lowest BCUT2D eigenvalue weighted by Crippen LogP contribution is -2.63. The fourth-order valence-electron chi connectivity index (χ4n) is 4.88. The van der Waals surface area contributed by atoms with E-state index in [9.17, 15) is 5.11 Å². The van der Waals surface area contributed by atoms with Crippen molar-refractivity contribution < 1.29 is 9.84 Å². The number of nitrogens with zero attached hydrogens (tertiary/aromatic N) is 3. The van der Waals surface area contributed by atoms with E-state index in [-0.39, 0.29) is 11.4 Å². The minimum atomic E-state index is -0.0601. The van der Waals surface area contributed by atoms with Gasteiger partial charge < -0.3 is 20.1 Å². The first-order valence-electron chi connectivity index (χ1n) is 10.6. The van der Waals surface area contributed by atoms with E-state index < -0.39 is 0 Å². The molecule has 152 valence electrons. The maximum Gasteiger partial charge on any atom is 0.162 e. The summed E-state index contributed by atoms with van der Waals surface area (Å²) in [7, 11) is 0. The van der Waals surface area contributed by atoms with Crippen LogP contribution in [0, 0.1) is 0 Å². The van der Waals surface area contributed by atoms with Crippen molar-refractivity contribution in [2.24, 2.45) is 4.99 Å². The number of ether oxygens (including phenoxy) is 1. The number of phenols is 1. The zero-order valence-electron chi connectivity index (χ0n) is 16.9. The molecule has 5 rings (SSSR count). The Bertz CT molecular complexity index is 934. The highest BCUT2D eigenvalue weighted by molar-refractivity contribution is 6.06. The Balaban J connectivity index is 1.32. The SMILES string of the molecule is CCOc1cccc(CN2CCC3(CC2)Nc2ccccc2C2=NCCN23)c1O. The second-order valence-corrected chi connectivity index (χ2v) is 8.03. The van der Waals surface area contributed by atoms with Crippen molar-refractivity contribution in [2.45, 2.75) is 32.0 Å². The van der Waals surface area contributed by atoms with Gasteiger partial charge in [-0.3, -0.25) is 9.89 Å². The Labute approximate surface area is 171 Å². The normalized spacial score (nSPS) is 20.0. The van der Waals surface area contributed by atoms with E-state index in [2.05, 4.69) is 39.4 Å². The Kier molecular flexibility index (Phi) is 4.59. The number of amidine groups is 1. The van der Waals surface area contributed by atoms with E-state index >= 15 is 0 Å². The molecule has 0 radical (unpaired) electrons. The topological polar surface area (TPSA) is 60.3 Å². The van der Waals surface area contributed by atoms with Crippen LogP contribution in [-0.2, 0) is 6.54 Å². The third-order valence-electron chi connectivity index (χ3n) is 6.35. The molecule has 1 spiro atoms. The molecule has 3 aliphatic heterocycles. The van der Waals surface area contributed by atoms with Crippen LogP contribution in [0.15, 0.2) is 47.5 Å². The smallest absolute Gasteiger partial charge is 0.162 e. The van der Waals surface area contributed by atoms with Gasteiger partial charge in [-0.1, -0.05) is 24.3 Å². The van der Waals surface area contributed by atoms with Crippen molar-refractivity contribution in [3.63, 3.8) is 0 Å². The summed E-state index contributed by atoms with van der Waals surface area (Å²) in [6, 6.07) is 14.3. The van der Waals surface area contributed by atoms with Crippen LogP contribution < -0.4 is 10.1 Å². The van der Waals surface area contributed by atoms with Gasteiger partial charge in [-0.15, -0.1) is 0 Å². The van der Waals surface area contributed by atoms with Gasteiger partial charge in [0, 0.05) is 55.8 Å². The Morgan fingerprint density at radius 2 is 1.93 bits per heavy atom. The minimum absolute atomic E-state index is 0.0601. The lowest BCUT2D eigenvalue weighted by molar-refractivity contribution is 0.0890. The van der Waals surface area contributed by atoms with Gasteiger partial charge in [0.25, 0.3) is 0 Å². The number of hydrogen-bond acceptors (Lipinski definition) is 6. The number of piperidine rings is 1. The number of rotatable bonds is 4. The average molecular weight is 393 g/mol. The Morgan fingerprint density at radius 1 is 1.10 bits per heavy atom. The number of likely N-dealkylation sites (tertiary alicyclic amines) is 1. The summed E-state index contributed by atoms with van der Waals surface area (Å²) in [4.78, 5) is 9.72. The molecule has 1 saturated heterocycles. The lowest BCUT2D eigenvalue weighted by atomic mass is 9.90. The number of phenolic OH excluding ortho intramolecular Hbond substituents is 1. The van der Waals surface area contributed by atoms with Crippen molar-refractivity contribution in [2.75, 3.05) is 38.1 Å². The third-order valence-corrected chi connectivity index (χ3v) is 6.35. The predicted molar refractivity (Wildman–Crippen MR) is 115 cm³/mol. The quantitative estimate of drug-likeness (QED) is 0.836. The summed E-state index contributed by atoms with van der Waals surface area (Å²) < 4.78 is 5.54. The number of benzene rings is 2. The minimum Gasteiger partial charge on any atom is -0.504 e. The molecule has 2 aromatic rings. The number of anilines is 1. The first-order chi connectivity index (χ1) is 14.2. The monoisotopic (exact) mass is 392 g/mol. The summed E-state index contributed by atoms with van der Waals surface area (Å²) in [5.74, 6) is 1.99. The molecule has 0 bridgehead atoms. The molecule has 2 aromatic carbocycles. The lowest BCUT2D eigenvalue weighted by Gasteiger charge is -2.52. The van der Waals surface area contributed by atoms with Crippen LogP contribution in [0.2, 0.25) is 0 Å². The van der Waals surface area contributed by atoms with Gasteiger partial charge in [0.1, 0.15) is 11.5 Å². The number of hydrogen-bond donors (Lipinski definition) is 2. The van der Waals surface area contributed by atoms with E-state index in [0.717, 1.165) is 57.0 Å². The van der Waals surface area contributed by atoms with Crippen molar-refractivity contribution in [3.05, 3.63) is 53.6 Å². The predicted octanol–water partition coefficient (Wildman–Crippen LogP) is 3.27. The van der Waals surface area contributed by atoms with Crippen LogP contribution >= 0.6 is 0 Å². The first kappa shape index (κ1) is 18.3. The molecule has 6 heteroatoms. The first-order valence-corrected chi connectivity index (χ1v) is 10.6. The van der Waals surface area contributed by atoms with E-state index in [1.807, 2.05) is 25.1 Å². The van der Waals surface area contributed by atoms with Gasteiger partial charge >= 0.3 is 0 Å². The number of fused-ring (bicyclic) bond motifs is 4. The van der Waals surface area contributed by atoms with Gasteiger partial charge in [0.05, 0.1) is 13.2 Å². The molecule has 0 saturated carbocycles. The van der Waals surface area contributed by atoms with Gasteiger partial charge in [-0.05, 0) is 25.1 Å². The molecule has 0 unspecified atom stereocenters. The van der Waals surface area contributed by atoms with Gasteiger partial charge in [-0.2, -0.15) is 0 Å². The maximum atomic E-state index is 10.5. The second-order valence-electron chi connectivity index (χ2n) is 8.03. The van der Waals surface area contributed by atoms with E-state index in [1.54, 1.807) is 0 Å². The van der Waals surface area contributed by atoms with Crippen LogP contribution in [0.1, 0.15) is 30.9 Å². The Hall–Kier alpha value is -2.73. The molecule has 6 nitrogen and oxygen atoms in total. The highest BCUT2D eigenvalue weighted by Crippen LogP contribution is 2.40. The maximum absolute atomic E-state index is 10.5. The number of nitrogens with one attached hydrogen (secondary N) is 1. The van der Waals surface area contributed by atoms with E-state index in [0.29, 0.717) is 12.4 Å². The van der Waals surface area contributed by atoms with Crippen molar-refractivity contribution in [1.82, 2.24) is 9.80 Å². The molecular formula is C23H28N4O2. The molecule has 29 heavy (non-hydrogen) atoms. The molecule has 3 heterocycles. The third kappa shape index (κ3) is 3.12. The molecular weight excluding hydrogens is 364 g/mol. The standard InChI is InChI=1S/C23H28N4O2/c1-2-29-20-9-5-6-17(21(20)28)16-26-13-10-23(11-14-26)25-19-8-4-3-7-18(19)22-24-12-15-27(22)23/h3-9,25,28H,2,10-16H2,1H3. The van der Waals surface area contributed by atoms with Crippen LogP contribution in [0.5, 0.6) is 11.5 Å². The Morgan fingerprint density at radius 3 is 2.76 bits per heavy atom. The highest BCUT2D eigenvalue weighted by Gasteiger charge is 2.46. The van der Waals surface area contributed by atoms with Crippen LogP contribution in [0.4, 0.5) is 5.69 Å². The highest BCUT2D eigenvalue weighted by atomic mass is 16.5. The summed E-state index contributed by atoms with van der Waals surface area (Å²) in [6.07, 6.45) is 2.04. The average Bonchev–Trinajstić information content (AvgIpc) is 3.24. The molecule has 0 amide bonds. The van der Waals surface area contributed by atoms with Crippen LogP contribution in [-0.4, -0.2) is 59.2 Å². The fraction of sp³-hybridized carbons (Fsp3) is 0.435. The molecule has 1 fully saturated rings. The van der Waals surface area contributed by atoms with E-state index in [1.165, 1.54) is 11.3 Å². The zero-order valence-corrected chi connectivity index (χ0v) is 16.9. The van der Waals surface area contributed by atoms with Crippen molar-refractivity contribution in [1.29, 1.82) is 0 Å². The molecule has 0 aromatic heterocycles. The number of aliphatic imine (C=N–C) groups is 1. The second kappa shape index (κ2) is 7.26.